The Labute approximate surface area is 170 Å². The van der Waals surface area contributed by atoms with Gasteiger partial charge in [0.15, 0.2) is 0 Å². The smallest absolute Gasteiger partial charge is 0.145 e. The van der Waals surface area contributed by atoms with Crippen LogP contribution in [-0.4, -0.2) is 43.4 Å². The van der Waals surface area contributed by atoms with E-state index in [2.05, 4.69) is 19.9 Å². The van der Waals surface area contributed by atoms with Crippen LogP contribution in [0.25, 0.3) is 0 Å². The number of hydrogen-bond donors (Lipinski definition) is 1. The molecule has 3 saturated carbocycles. The predicted molar refractivity (Wildman–Crippen MR) is 109 cm³/mol. The van der Waals surface area contributed by atoms with Crippen molar-refractivity contribution in [1.29, 1.82) is 0 Å². The Morgan fingerprint density at radius 3 is 2.82 bits per heavy atom. The van der Waals surface area contributed by atoms with E-state index in [9.17, 15) is 9.90 Å². The summed E-state index contributed by atoms with van der Waals surface area (Å²) in [6.07, 6.45) is 13.7. The lowest BCUT2D eigenvalue weighted by Gasteiger charge is -2.57. The Bertz CT molecular complexity index is 601. The topological polar surface area (TPSA) is 55.8 Å². The molecule has 3 unspecified atom stereocenters. The molecule has 1 N–H and O–H groups in total. The number of carbonyl (C=O) groups excluding carboxylic acids is 1. The quantitative estimate of drug-likeness (QED) is 0.400. The summed E-state index contributed by atoms with van der Waals surface area (Å²) in [4.78, 5) is 10.3. The van der Waals surface area contributed by atoms with Gasteiger partial charge in [0.05, 0.1) is 12.2 Å². The standard InChI is InChI=1S/C24H38O4/c1-23-10-8-18(26)16-17(23)4-5-19-20-6-7-22(24(20,2)11-9-21(19)23)28-14-3-13-27-15-12-25/h4,12,18-22,26H,3,5-11,13-16H2,1-2H3/t18-,19?,20?,21?,22-,23-,24-/m1/s1. The fourth-order valence-corrected chi connectivity index (χ4v) is 7.39. The predicted octanol–water partition coefficient (Wildman–Crippen LogP) is 4.30. The average molecular weight is 391 g/mol. The normalized spacial score (nSPS) is 45.0. The summed E-state index contributed by atoms with van der Waals surface area (Å²) in [6, 6.07) is 0. The number of aliphatic hydroxyl groups is 1. The lowest BCUT2D eigenvalue weighted by Crippen LogP contribution is -2.51. The number of hydrogen-bond acceptors (Lipinski definition) is 4. The molecule has 4 aliphatic carbocycles. The van der Waals surface area contributed by atoms with E-state index in [-0.39, 0.29) is 12.7 Å². The first kappa shape index (κ1) is 20.6. The van der Waals surface area contributed by atoms with E-state index < -0.39 is 0 Å². The lowest BCUT2D eigenvalue weighted by molar-refractivity contribution is -0.112. The second-order valence-electron chi connectivity index (χ2n) is 10.2. The van der Waals surface area contributed by atoms with Gasteiger partial charge in [-0.1, -0.05) is 25.5 Å². The monoisotopic (exact) mass is 390 g/mol. The molecule has 0 spiro atoms. The van der Waals surface area contributed by atoms with E-state index in [0.29, 0.717) is 23.5 Å². The number of ether oxygens (including phenoxy) is 2. The maximum atomic E-state index is 10.3. The number of aliphatic hydroxyl groups excluding tert-OH is 1. The third-order valence-electron chi connectivity index (χ3n) is 8.93. The lowest BCUT2D eigenvalue weighted by atomic mass is 9.48. The first-order chi connectivity index (χ1) is 13.5. The van der Waals surface area contributed by atoms with Crippen molar-refractivity contribution in [2.45, 2.75) is 83.8 Å². The highest BCUT2D eigenvalue weighted by Crippen LogP contribution is 2.65. The average Bonchev–Trinajstić information content (AvgIpc) is 3.01. The van der Waals surface area contributed by atoms with Gasteiger partial charge in [0.1, 0.15) is 12.9 Å². The summed E-state index contributed by atoms with van der Waals surface area (Å²) in [7, 11) is 0. The maximum Gasteiger partial charge on any atom is 0.145 e. The van der Waals surface area contributed by atoms with E-state index in [1.807, 2.05) is 0 Å². The van der Waals surface area contributed by atoms with Gasteiger partial charge in [0, 0.05) is 13.2 Å². The molecule has 0 radical (unpaired) electrons. The molecular weight excluding hydrogens is 352 g/mol. The van der Waals surface area contributed by atoms with Gasteiger partial charge in [-0.25, -0.2) is 0 Å². The van der Waals surface area contributed by atoms with Crippen LogP contribution in [0.2, 0.25) is 0 Å². The molecule has 0 bridgehead atoms. The number of carbonyl (C=O) groups is 1. The van der Waals surface area contributed by atoms with Crippen molar-refractivity contribution in [3.63, 3.8) is 0 Å². The van der Waals surface area contributed by atoms with E-state index >= 15 is 0 Å². The van der Waals surface area contributed by atoms with Crippen LogP contribution in [0.3, 0.4) is 0 Å². The van der Waals surface area contributed by atoms with E-state index in [0.717, 1.165) is 56.3 Å². The van der Waals surface area contributed by atoms with Crippen LogP contribution in [0.15, 0.2) is 11.6 Å². The molecule has 4 nitrogen and oxygen atoms in total. The Balaban J connectivity index is 1.40. The zero-order valence-electron chi connectivity index (χ0n) is 17.7. The highest BCUT2D eigenvalue weighted by molar-refractivity contribution is 5.50. The Hall–Kier alpha value is -0.710. The molecule has 4 aliphatic rings. The molecule has 158 valence electrons. The summed E-state index contributed by atoms with van der Waals surface area (Å²) in [5.41, 5.74) is 2.18. The highest BCUT2D eigenvalue weighted by atomic mass is 16.5. The fraction of sp³-hybridized carbons (Fsp3) is 0.875. The largest absolute Gasteiger partial charge is 0.393 e. The van der Waals surface area contributed by atoms with Crippen LogP contribution in [0, 0.1) is 28.6 Å². The van der Waals surface area contributed by atoms with Crippen LogP contribution < -0.4 is 0 Å². The zero-order chi connectivity index (χ0) is 19.8. The van der Waals surface area contributed by atoms with Gasteiger partial charge in [0.25, 0.3) is 0 Å². The zero-order valence-corrected chi connectivity index (χ0v) is 17.7. The van der Waals surface area contributed by atoms with Crippen molar-refractivity contribution >= 4 is 6.29 Å². The number of rotatable bonds is 7. The summed E-state index contributed by atoms with van der Waals surface area (Å²) in [6.45, 7) is 6.51. The molecule has 3 fully saturated rings. The van der Waals surface area contributed by atoms with E-state index in [4.69, 9.17) is 9.47 Å². The first-order valence-corrected chi connectivity index (χ1v) is 11.5. The number of allylic oxidation sites excluding steroid dienone is 1. The SMILES string of the molecule is C[C@@]12CC[C@@H](O)CC1=CCC1C2CC[C@]2(C)C1CC[C@H]2OCCCOCC=O. The summed E-state index contributed by atoms with van der Waals surface area (Å²) < 4.78 is 11.6. The first-order valence-electron chi connectivity index (χ1n) is 11.5. The van der Waals surface area contributed by atoms with Gasteiger partial charge < -0.3 is 19.4 Å². The van der Waals surface area contributed by atoms with Crippen molar-refractivity contribution in [2.75, 3.05) is 19.8 Å². The molecule has 0 aromatic carbocycles. The van der Waals surface area contributed by atoms with E-state index in [1.54, 1.807) is 5.57 Å². The molecule has 0 aromatic rings. The van der Waals surface area contributed by atoms with Crippen LogP contribution in [0.5, 0.6) is 0 Å². The van der Waals surface area contributed by atoms with Gasteiger partial charge in [0.2, 0.25) is 0 Å². The van der Waals surface area contributed by atoms with E-state index in [1.165, 1.54) is 32.1 Å². The van der Waals surface area contributed by atoms with Gasteiger partial charge in [-0.2, -0.15) is 0 Å². The van der Waals surface area contributed by atoms with Crippen molar-refractivity contribution in [3.8, 4) is 0 Å². The molecule has 0 amide bonds. The third kappa shape index (κ3) is 3.50. The summed E-state index contributed by atoms with van der Waals surface area (Å²) >= 11 is 0. The van der Waals surface area contributed by atoms with Crippen molar-refractivity contribution in [1.82, 2.24) is 0 Å². The van der Waals surface area contributed by atoms with Crippen LogP contribution in [-0.2, 0) is 14.3 Å². The maximum absolute atomic E-state index is 10.3. The molecule has 7 atom stereocenters. The van der Waals surface area contributed by atoms with Gasteiger partial charge in [-0.05, 0) is 86.4 Å². The Kier molecular flexibility index (Phi) is 6.02. The van der Waals surface area contributed by atoms with Crippen LogP contribution >= 0.6 is 0 Å². The van der Waals surface area contributed by atoms with Gasteiger partial charge in [-0.3, -0.25) is 0 Å². The van der Waals surface area contributed by atoms with Gasteiger partial charge in [-0.15, -0.1) is 0 Å². The molecule has 28 heavy (non-hydrogen) atoms. The number of aldehydes is 1. The number of fused-ring (bicyclic) bond motifs is 5. The van der Waals surface area contributed by atoms with Crippen molar-refractivity contribution < 1.29 is 19.4 Å². The highest BCUT2D eigenvalue weighted by Gasteiger charge is 2.58. The van der Waals surface area contributed by atoms with Crippen LogP contribution in [0.1, 0.15) is 71.6 Å². The second kappa shape index (κ2) is 8.20. The minimum Gasteiger partial charge on any atom is -0.393 e. The molecule has 4 heteroatoms. The third-order valence-corrected chi connectivity index (χ3v) is 8.93. The second-order valence-corrected chi connectivity index (χ2v) is 10.2. The molecule has 4 rings (SSSR count). The van der Waals surface area contributed by atoms with Crippen molar-refractivity contribution in [2.24, 2.45) is 28.6 Å². The van der Waals surface area contributed by atoms with Gasteiger partial charge >= 0.3 is 0 Å². The molecular formula is C24H38O4. The van der Waals surface area contributed by atoms with Crippen LogP contribution in [0.4, 0.5) is 0 Å². The molecule has 0 aromatic heterocycles. The Morgan fingerprint density at radius 2 is 2.00 bits per heavy atom. The molecule has 0 heterocycles. The minimum atomic E-state index is -0.121. The van der Waals surface area contributed by atoms with Crippen molar-refractivity contribution in [3.05, 3.63) is 11.6 Å². The summed E-state index contributed by atoms with van der Waals surface area (Å²) in [5.74, 6) is 2.34. The minimum absolute atomic E-state index is 0.121. The summed E-state index contributed by atoms with van der Waals surface area (Å²) in [5, 5.41) is 10.2. The molecule has 0 saturated heterocycles. The fourth-order valence-electron chi connectivity index (χ4n) is 7.39. The molecule has 0 aliphatic heterocycles. The Morgan fingerprint density at radius 1 is 1.14 bits per heavy atom.